The van der Waals surface area contributed by atoms with Crippen LogP contribution in [0.1, 0.15) is 39.5 Å². The van der Waals surface area contributed by atoms with Crippen LogP contribution in [0.2, 0.25) is 0 Å². The Bertz CT molecular complexity index is 222. The van der Waals surface area contributed by atoms with Crippen molar-refractivity contribution in [1.29, 1.82) is 0 Å². The van der Waals surface area contributed by atoms with Crippen molar-refractivity contribution in [2.75, 3.05) is 39.6 Å². The van der Waals surface area contributed by atoms with E-state index in [-0.39, 0.29) is 12.7 Å². The first-order valence-corrected chi connectivity index (χ1v) is 7.33. The van der Waals surface area contributed by atoms with Crippen molar-refractivity contribution in [2.45, 2.75) is 45.6 Å². The largest absolute Gasteiger partial charge is 0.505 e. The molecule has 0 aromatic heterocycles. The average molecular weight is 292 g/mol. The summed E-state index contributed by atoms with van der Waals surface area (Å²) >= 11 is 0. The Morgan fingerprint density at radius 1 is 1.00 bits per heavy atom. The first-order chi connectivity index (χ1) is 9.70. The number of ether oxygens (including phenoxy) is 4. The van der Waals surface area contributed by atoms with Gasteiger partial charge in [-0.15, -0.1) is 0 Å². The van der Waals surface area contributed by atoms with E-state index in [0.717, 1.165) is 25.9 Å². The topological polar surface area (TPSA) is 74.2 Å². The smallest absolute Gasteiger partial charge is 0.450 e. The summed E-state index contributed by atoms with van der Waals surface area (Å²) < 4.78 is 20.9. The zero-order valence-corrected chi connectivity index (χ0v) is 12.6. The predicted molar refractivity (Wildman–Crippen MR) is 75.2 cm³/mol. The zero-order valence-electron chi connectivity index (χ0n) is 12.6. The van der Waals surface area contributed by atoms with Crippen molar-refractivity contribution in [3.05, 3.63) is 0 Å². The van der Waals surface area contributed by atoms with Crippen LogP contribution in [0, 0.1) is 0 Å². The third kappa shape index (κ3) is 13.6. The van der Waals surface area contributed by atoms with Crippen LogP contribution in [0.4, 0.5) is 4.79 Å². The van der Waals surface area contributed by atoms with Gasteiger partial charge in [-0.05, 0) is 19.8 Å². The predicted octanol–water partition coefficient (Wildman–Crippen LogP) is 2.70. The number of unbranched alkanes of at least 4 members (excludes halogenated alkanes) is 1. The van der Waals surface area contributed by atoms with Gasteiger partial charge in [0.25, 0.3) is 0 Å². The summed E-state index contributed by atoms with van der Waals surface area (Å²) in [5, 5.41) is 8.43. The van der Waals surface area contributed by atoms with E-state index in [1.54, 1.807) is 0 Å². The molecule has 0 aliphatic rings. The summed E-state index contributed by atoms with van der Waals surface area (Å²) in [5.74, 6) is 0. The minimum atomic E-state index is -1.25. The van der Waals surface area contributed by atoms with Gasteiger partial charge in [-0.2, -0.15) is 0 Å². The van der Waals surface area contributed by atoms with Crippen LogP contribution < -0.4 is 0 Å². The molecule has 0 heterocycles. The molecule has 20 heavy (non-hydrogen) atoms. The molecular formula is C14H28O6. The van der Waals surface area contributed by atoms with Gasteiger partial charge in [0.15, 0.2) is 0 Å². The van der Waals surface area contributed by atoms with Crippen LogP contribution in [-0.4, -0.2) is 57.0 Å². The lowest BCUT2D eigenvalue weighted by Gasteiger charge is -2.17. The lowest BCUT2D eigenvalue weighted by molar-refractivity contribution is -0.0230. The molecule has 0 rings (SSSR count). The molecule has 0 aliphatic carbocycles. The molecule has 120 valence electrons. The fraction of sp³-hybridized carbons (Fsp3) is 0.929. The van der Waals surface area contributed by atoms with Gasteiger partial charge in [0, 0.05) is 26.2 Å². The van der Waals surface area contributed by atoms with Crippen LogP contribution in [0.15, 0.2) is 0 Å². The van der Waals surface area contributed by atoms with Gasteiger partial charge < -0.3 is 24.1 Å². The van der Waals surface area contributed by atoms with Crippen LogP contribution in [0.3, 0.4) is 0 Å². The number of hydrogen-bond acceptors (Lipinski definition) is 5. The summed E-state index contributed by atoms with van der Waals surface area (Å²) in [6.07, 6.45) is 2.12. The Morgan fingerprint density at radius 3 is 2.40 bits per heavy atom. The summed E-state index contributed by atoms with van der Waals surface area (Å²) in [6, 6.07) is 0. The normalized spacial score (nSPS) is 12.3. The molecule has 0 aromatic carbocycles. The SMILES string of the molecule is CCCCOCCOC(CCOCC)CCOC(=O)O. The highest BCUT2D eigenvalue weighted by atomic mass is 16.7. The minimum absolute atomic E-state index is 0.0596. The van der Waals surface area contributed by atoms with E-state index in [9.17, 15) is 4.79 Å². The number of carbonyl (C=O) groups is 1. The van der Waals surface area contributed by atoms with Crippen molar-refractivity contribution in [3.63, 3.8) is 0 Å². The molecular weight excluding hydrogens is 264 g/mol. The summed E-state index contributed by atoms with van der Waals surface area (Å²) in [7, 11) is 0. The van der Waals surface area contributed by atoms with E-state index in [1.165, 1.54) is 0 Å². The molecule has 1 unspecified atom stereocenters. The Hall–Kier alpha value is -0.850. The van der Waals surface area contributed by atoms with E-state index in [4.69, 9.17) is 19.3 Å². The standard InChI is InChI=1S/C14H28O6/c1-3-5-8-18-11-12-19-13(6-9-17-4-2)7-10-20-14(15)16/h13H,3-12H2,1-2H3,(H,15,16). The molecule has 0 spiro atoms. The van der Waals surface area contributed by atoms with Crippen LogP contribution in [0.5, 0.6) is 0 Å². The summed E-state index contributed by atoms with van der Waals surface area (Å²) in [5.41, 5.74) is 0. The molecule has 0 saturated heterocycles. The maximum absolute atomic E-state index is 10.3. The molecule has 0 radical (unpaired) electrons. The second-order valence-electron chi connectivity index (χ2n) is 4.35. The van der Waals surface area contributed by atoms with Gasteiger partial charge in [0.1, 0.15) is 0 Å². The zero-order chi connectivity index (χ0) is 15.1. The Balaban J connectivity index is 3.70. The second kappa shape index (κ2) is 14.6. The molecule has 1 atom stereocenters. The first kappa shape index (κ1) is 19.1. The lowest BCUT2D eigenvalue weighted by atomic mass is 10.2. The van der Waals surface area contributed by atoms with Crippen molar-refractivity contribution < 1.29 is 28.8 Å². The molecule has 1 N–H and O–H groups in total. The Kier molecular flexibility index (Phi) is 13.9. The fourth-order valence-corrected chi connectivity index (χ4v) is 1.57. The molecule has 0 saturated carbocycles. The van der Waals surface area contributed by atoms with Crippen LogP contribution in [0.25, 0.3) is 0 Å². The Labute approximate surface area is 121 Å². The monoisotopic (exact) mass is 292 g/mol. The number of carboxylic acid groups (broad SMARTS) is 1. The highest BCUT2D eigenvalue weighted by Gasteiger charge is 2.10. The van der Waals surface area contributed by atoms with E-state index in [2.05, 4.69) is 11.7 Å². The molecule has 0 bridgehead atoms. The summed E-state index contributed by atoms with van der Waals surface area (Å²) in [6.45, 7) is 7.29. The highest BCUT2D eigenvalue weighted by Crippen LogP contribution is 2.05. The molecule has 0 aliphatic heterocycles. The van der Waals surface area contributed by atoms with Crippen LogP contribution in [-0.2, 0) is 18.9 Å². The maximum atomic E-state index is 10.3. The van der Waals surface area contributed by atoms with Gasteiger partial charge >= 0.3 is 6.16 Å². The molecule has 6 nitrogen and oxygen atoms in total. The van der Waals surface area contributed by atoms with Gasteiger partial charge in [-0.3, -0.25) is 0 Å². The third-order valence-corrected chi connectivity index (χ3v) is 2.68. The first-order valence-electron chi connectivity index (χ1n) is 7.33. The summed E-state index contributed by atoms with van der Waals surface area (Å²) in [4.78, 5) is 10.3. The quantitative estimate of drug-likeness (QED) is 0.392. The van der Waals surface area contributed by atoms with Gasteiger partial charge in [-0.1, -0.05) is 13.3 Å². The molecule has 6 heteroatoms. The van der Waals surface area contributed by atoms with Crippen molar-refractivity contribution in [2.24, 2.45) is 0 Å². The van der Waals surface area contributed by atoms with Gasteiger partial charge in [0.05, 0.1) is 25.9 Å². The second-order valence-corrected chi connectivity index (χ2v) is 4.35. The van der Waals surface area contributed by atoms with E-state index in [0.29, 0.717) is 32.8 Å². The number of rotatable bonds is 14. The van der Waals surface area contributed by atoms with E-state index >= 15 is 0 Å². The minimum Gasteiger partial charge on any atom is -0.450 e. The van der Waals surface area contributed by atoms with E-state index < -0.39 is 6.16 Å². The third-order valence-electron chi connectivity index (χ3n) is 2.68. The van der Waals surface area contributed by atoms with Crippen LogP contribution >= 0.6 is 0 Å². The fourth-order valence-electron chi connectivity index (χ4n) is 1.57. The lowest BCUT2D eigenvalue weighted by Crippen LogP contribution is -2.21. The highest BCUT2D eigenvalue weighted by molar-refractivity contribution is 5.56. The van der Waals surface area contributed by atoms with Gasteiger partial charge in [0.2, 0.25) is 0 Å². The number of hydrogen-bond donors (Lipinski definition) is 1. The average Bonchev–Trinajstić information content (AvgIpc) is 2.42. The Morgan fingerprint density at radius 2 is 1.75 bits per heavy atom. The molecule has 0 amide bonds. The van der Waals surface area contributed by atoms with Crippen molar-refractivity contribution in [1.82, 2.24) is 0 Å². The van der Waals surface area contributed by atoms with Gasteiger partial charge in [-0.25, -0.2) is 4.79 Å². The van der Waals surface area contributed by atoms with E-state index in [1.807, 2.05) is 6.92 Å². The van der Waals surface area contributed by atoms with Crippen molar-refractivity contribution >= 4 is 6.16 Å². The maximum Gasteiger partial charge on any atom is 0.505 e. The molecule has 0 fully saturated rings. The van der Waals surface area contributed by atoms with Crippen molar-refractivity contribution in [3.8, 4) is 0 Å². The molecule has 0 aromatic rings.